The lowest BCUT2D eigenvalue weighted by Gasteiger charge is -2.25. The molecule has 0 aliphatic heterocycles. The van der Waals surface area contributed by atoms with Crippen molar-refractivity contribution in [2.75, 3.05) is 0 Å². The Hall–Kier alpha value is -1.22. The number of nitrogens with one attached hydrogen (secondary N) is 1. The number of sulfonamides is 1. The van der Waals surface area contributed by atoms with Crippen molar-refractivity contribution in [1.82, 2.24) is 4.72 Å². The van der Waals surface area contributed by atoms with Gasteiger partial charge >= 0.3 is 5.97 Å². The molecule has 0 amide bonds. The summed E-state index contributed by atoms with van der Waals surface area (Å²) in [6.07, 6.45) is 0. The van der Waals surface area contributed by atoms with Gasteiger partial charge in [0.2, 0.25) is 0 Å². The normalized spacial score (nSPS) is 25.2. The van der Waals surface area contributed by atoms with Gasteiger partial charge in [-0.05, 0) is 60.3 Å². The number of carbonyl (C=O) groups excluding carboxylic acids is 1. The van der Waals surface area contributed by atoms with Crippen molar-refractivity contribution in [1.29, 1.82) is 0 Å². The Balaban J connectivity index is 2.00. The van der Waals surface area contributed by atoms with E-state index in [1.165, 1.54) is 6.07 Å². The molecule has 5 nitrogen and oxygen atoms in total. The predicted octanol–water partition coefficient (Wildman–Crippen LogP) is 4.30. The van der Waals surface area contributed by atoms with E-state index in [2.05, 4.69) is 20.7 Å². The summed E-state index contributed by atoms with van der Waals surface area (Å²) in [6.45, 7) is 7.19. The van der Waals surface area contributed by atoms with E-state index in [0.717, 1.165) is 16.9 Å². The summed E-state index contributed by atoms with van der Waals surface area (Å²) in [6, 6.07) is 12.6. The highest BCUT2D eigenvalue weighted by atomic mass is 79.9. The molecular formula is C19H22BrNO4S2. The maximum atomic E-state index is 13.1. The van der Waals surface area contributed by atoms with Crippen LogP contribution in [0.25, 0.3) is 0 Å². The van der Waals surface area contributed by atoms with Crippen molar-refractivity contribution < 1.29 is 17.9 Å². The zero-order valence-electron chi connectivity index (χ0n) is 15.5. The Kier molecular flexibility index (Phi) is 5.31. The second-order valence-electron chi connectivity index (χ2n) is 7.71. The highest BCUT2D eigenvalue weighted by Gasteiger charge is 2.71. The molecule has 1 aliphatic rings. The fourth-order valence-corrected chi connectivity index (χ4v) is 6.82. The summed E-state index contributed by atoms with van der Waals surface area (Å²) < 4.78 is 35.1. The number of hydrogen-bond acceptors (Lipinski definition) is 5. The van der Waals surface area contributed by atoms with Gasteiger partial charge in [-0.15, -0.1) is 11.3 Å². The molecule has 27 heavy (non-hydrogen) atoms. The van der Waals surface area contributed by atoms with Crippen molar-refractivity contribution in [2.45, 2.75) is 49.0 Å². The van der Waals surface area contributed by atoms with Crippen molar-refractivity contribution in [3.63, 3.8) is 0 Å². The Morgan fingerprint density at radius 2 is 1.81 bits per heavy atom. The highest BCUT2D eigenvalue weighted by molar-refractivity contribution is 9.11. The summed E-state index contributed by atoms with van der Waals surface area (Å²) in [5, 5.41) is 0. The number of ether oxygens (including phenoxy) is 1. The van der Waals surface area contributed by atoms with Crippen LogP contribution in [-0.4, -0.2) is 25.5 Å². The summed E-state index contributed by atoms with van der Waals surface area (Å²) in [7, 11) is -3.87. The first-order chi connectivity index (χ1) is 12.5. The van der Waals surface area contributed by atoms with Crippen molar-refractivity contribution >= 4 is 43.3 Å². The quantitative estimate of drug-likeness (QED) is 0.659. The van der Waals surface area contributed by atoms with E-state index < -0.39 is 27.1 Å². The van der Waals surface area contributed by atoms with Gasteiger partial charge in [0, 0.05) is 5.92 Å². The minimum atomic E-state index is -3.87. The average molecular weight is 472 g/mol. The van der Waals surface area contributed by atoms with Crippen LogP contribution in [0.3, 0.4) is 0 Å². The summed E-state index contributed by atoms with van der Waals surface area (Å²) >= 11 is 4.38. The molecule has 1 saturated carbocycles. The SMILES string of the molecule is CC1C(c2ccccc2)[C@]1(NS(=O)(=O)c1ccc(Br)s1)C(=O)OC(C)(C)C. The molecule has 8 heteroatoms. The highest BCUT2D eigenvalue weighted by Crippen LogP contribution is 2.59. The summed E-state index contributed by atoms with van der Waals surface area (Å²) in [5.74, 6) is -1.06. The number of carbonyl (C=O) groups is 1. The summed E-state index contributed by atoms with van der Waals surface area (Å²) in [5.41, 5.74) is -1.12. The van der Waals surface area contributed by atoms with Crippen molar-refractivity contribution in [2.24, 2.45) is 5.92 Å². The molecule has 1 N–H and O–H groups in total. The first-order valence-corrected chi connectivity index (χ1v) is 11.6. The van der Waals surface area contributed by atoms with Crippen LogP contribution in [0.4, 0.5) is 0 Å². The molecule has 1 aromatic carbocycles. The van der Waals surface area contributed by atoms with Gasteiger partial charge in [-0.3, -0.25) is 0 Å². The van der Waals surface area contributed by atoms with Crippen LogP contribution < -0.4 is 4.72 Å². The number of rotatable bonds is 5. The van der Waals surface area contributed by atoms with E-state index in [-0.39, 0.29) is 16.0 Å². The molecule has 0 saturated heterocycles. The van der Waals surface area contributed by atoms with Crippen molar-refractivity contribution in [3.05, 3.63) is 51.8 Å². The third-order valence-corrected chi connectivity index (χ3v) is 8.21. The molecule has 1 fully saturated rings. The molecular weight excluding hydrogens is 450 g/mol. The third kappa shape index (κ3) is 3.99. The zero-order chi connectivity index (χ0) is 20.0. The third-order valence-electron chi connectivity index (χ3n) is 4.61. The molecule has 1 aliphatic carbocycles. The first-order valence-electron chi connectivity index (χ1n) is 8.55. The Bertz CT molecular complexity index is 950. The van der Waals surface area contributed by atoms with Gasteiger partial charge in [-0.25, -0.2) is 13.2 Å². The lowest BCUT2D eigenvalue weighted by molar-refractivity contribution is -0.158. The lowest BCUT2D eigenvalue weighted by atomic mass is 10.1. The van der Waals surface area contributed by atoms with Crippen LogP contribution in [0.15, 0.2) is 50.5 Å². The summed E-state index contributed by atoms with van der Waals surface area (Å²) in [4.78, 5) is 13.1. The molecule has 0 radical (unpaired) electrons. The Morgan fingerprint density at radius 3 is 2.33 bits per heavy atom. The van der Waals surface area contributed by atoms with E-state index in [0.29, 0.717) is 3.79 Å². The van der Waals surface area contributed by atoms with E-state index in [1.807, 2.05) is 37.3 Å². The van der Waals surface area contributed by atoms with Gasteiger partial charge in [0.25, 0.3) is 10.0 Å². The monoisotopic (exact) mass is 471 g/mol. The number of hydrogen-bond donors (Lipinski definition) is 1. The molecule has 0 bridgehead atoms. The average Bonchev–Trinajstić information content (AvgIpc) is 2.89. The Morgan fingerprint density at radius 1 is 1.19 bits per heavy atom. The Labute approximate surface area is 172 Å². The maximum Gasteiger partial charge on any atom is 0.328 e. The van der Waals surface area contributed by atoms with Crippen LogP contribution in [0.1, 0.15) is 39.2 Å². The maximum absolute atomic E-state index is 13.1. The molecule has 2 aromatic rings. The smallest absolute Gasteiger partial charge is 0.328 e. The van der Waals surface area contributed by atoms with Crippen LogP contribution in [0.2, 0.25) is 0 Å². The van der Waals surface area contributed by atoms with Crippen LogP contribution >= 0.6 is 27.3 Å². The van der Waals surface area contributed by atoms with Gasteiger partial charge in [0.1, 0.15) is 15.3 Å². The number of esters is 1. The molecule has 3 rings (SSSR count). The van der Waals surface area contributed by atoms with Crippen LogP contribution in [0, 0.1) is 5.92 Å². The topological polar surface area (TPSA) is 72.5 Å². The molecule has 146 valence electrons. The number of thiophene rings is 1. The van der Waals surface area contributed by atoms with Gasteiger partial charge in [0.05, 0.1) is 3.79 Å². The minimum Gasteiger partial charge on any atom is -0.459 e. The van der Waals surface area contributed by atoms with Crippen LogP contribution in [0.5, 0.6) is 0 Å². The molecule has 1 aromatic heterocycles. The fraction of sp³-hybridized carbons (Fsp3) is 0.421. The zero-order valence-corrected chi connectivity index (χ0v) is 18.7. The van der Waals surface area contributed by atoms with Gasteiger partial charge in [-0.1, -0.05) is 37.3 Å². The second kappa shape index (κ2) is 6.99. The van der Waals surface area contributed by atoms with Gasteiger partial charge in [-0.2, -0.15) is 4.72 Å². The van der Waals surface area contributed by atoms with E-state index >= 15 is 0 Å². The molecule has 3 atom stereocenters. The molecule has 1 heterocycles. The predicted molar refractivity (Wildman–Crippen MR) is 109 cm³/mol. The van der Waals surface area contributed by atoms with E-state index in [9.17, 15) is 13.2 Å². The number of halogens is 1. The van der Waals surface area contributed by atoms with E-state index in [4.69, 9.17) is 4.74 Å². The minimum absolute atomic E-state index is 0.156. The molecule has 0 spiro atoms. The van der Waals surface area contributed by atoms with Gasteiger partial charge < -0.3 is 4.74 Å². The number of benzene rings is 1. The van der Waals surface area contributed by atoms with Crippen LogP contribution in [-0.2, 0) is 19.6 Å². The first kappa shape index (κ1) is 20.5. The molecule has 2 unspecified atom stereocenters. The van der Waals surface area contributed by atoms with E-state index in [1.54, 1.807) is 26.8 Å². The fourth-order valence-electron chi connectivity index (χ4n) is 3.36. The largest absolute Gasteiger partial charge is 0.459 e. The second-order valence-corrected chi connectivity index (χ2v) is 12.1. The van der Waals surface area contributed by atoms with Gasteiger partial charge in [0.15, 0.2) is 0 Å². The standard InChI is InChI=1S/C19H22BrNO4S2/c1-12-16(13-8-6-5-7-9-13)19(12,17(22)25-18(2,3)4)21-27(23,24)15-11-10-14(20)26-15/h5-12,16,21H,1-4H3/t12?,16?,19-/m0/s1. The lowest BCUT2D eigenvalue weighted by Crippen LogP contribution is -2.48. The van der Waals surface area contributed by atoms with Crippen molar-refractivity contribution in [3.8, 4) is 0 Å².